The molecule has 9 heteroatoms. The SMILES string of the molecule is CCOC(=O)N1CCC(N2CCn3nc([C@H](O)c4nccn4C)cc3C2)CC1. The van der Waals surface area contributed by atoms with Gasteiger partial charge in [-0.15, -0.1) is 0 Å². The minimum atomic E-state index is -0.820. The van der Waals surface area contributed by atoms with Crippen LogP contribution in [0.4, 0.5) is 4.79 Å². The zero-order valence-corrected chi connectivity index (χ0v) is 16.5. The predicted molar refractivity (Wildman–Crippen MR) is 102 cm³/mol. The first-order valence-corrected chi connectivity index (χ1v) is 9.94. The summed E-state index contributed by atoms with van der Waals surface area (Å²) in [6.07, 6.45) is 4.38. The molecule has 1 fully saturated rings. The summed E-state index contributed by atoms with van der Waals surface area (Å²) >= 11 is 0. The number of likely N-dealkylation sites (tertiary alicyclic amines) is 1. The predicted octanol–water partition coefficient (Wildman–Crippen LogP) is 1.13. The standard InChI is InChI=1S/C19H28N6O3/c1-3-28-19(27)23-7-4-14(5-8-23)24-10-11-25-15(13-24)12-16(21-25)17(26)18-20-6-9-22(18)2/h6,9,12,14,17,26H,3-5,7-8,10-11,13H2,1-2H3/t17-/m0/s1. The number of ether oxygens (including phenoxy) is 1. The number of carbonyl (C=O) groups is 1. The van der Waals surface area contributed by atoms with E-state index >= 15 is 0 Å². The van der Waals surface area contributed by atoms with Crippen molar-refractivity contribution >= 4 is 6.09 Å². The highest BCUT2D eigenvalue weighted by molar-refractivity contribution is 5.67. The number of aryl methyl sites for hydroxylation is 1. The van der Waals surface area contributed by atoms with Gasteiger partial charge >= 0.3 is 6.09 Å². The fraction of sp³-hybridized carbons (Fsp3) is 0.632. The third kappa shape index (κ3) is 3.64. The number of nitrogens with zero attached hydrogens (tertiary/aromatic N) is 6. The lowest BCUT2D eigenvalue weighted by Crippen LogP contribution is -2.48. The molecule has 4 rings (SSSR count). The Bertz CT molecular complexity index is 824. The molecule has 0 radical (unpaired) electrons. The Morgan fingerprint density at radius 2 is 2.11 bits per heavy atom. The second-order valence-electron chi connectivity index (χ2n) is 7.47. The van der Waals surface area contributed by atoms with Crippen molar-refractivity contribution in [2.75, 3.05) is 26.2 Å². The average Bonchev–Trinajstić information content (AvgIpc) is 3.33. The number of fused-ring (bicyclic) bond motifs is 1. The van der Waals surface area contributed by atoms with E-state index in [1.807, 2.05) is 35.5 Å². The second kappa shape index (κ2) is 7.92. The lowest BCUT2D eigenvalue weighted by molar-refractivity contribution is 0.0647. The summed E-state index contributed by atoms with van der Waals surface area (Å²) in [5, 5.41) is 15.2. The van der Waals surface area contributed by atoms with Crippen LogP contribution in [0.15, 0.2) is 18.5 Å². The van der Waals surface area contributed by atoms with Crippen molar-refractivity contribution in [2.24, 2.45) is 7.05 Å². The Morgan fingerprint density at radius 3 is 2.79 bits per heavy atom. The average molecular weight is 388 g/mol. The lowest BCUT2D eigenvalue weighted by atomic mass is 10.0. The minimum Gasteiger partial charge on any atom is -0.450 e. The third-order valence-electron chi connectivity index (χ3n) is 5.74. The monoisotopic (exact) mass is 388 g/mol. The molecule has 152 valence electrons. The first-order valence-electron chi connectivity index (χ1n) is 9.94. The Hall–Kier alpha value is -2.39. The van der Waals surface area contributed by atoms with Crippen LogP contribution < -0.4 is 0 Å². The first kappa shape index (κ1) is 18.9. The first-order chi connectivity index (χ1) is 13.6. The maximum Gasteiger partial charge on any atom is 0.409 e. The molecule has 1 amide bonds. The molecule has 1 saturated heterocycles. The highest BCUT2D eigenvalue weighted by atomic mass is 16.6. The highest BCUT2D eigenvalue weighted by Gasteiger charge is 2.31. The molecule has 0 unspecified atom stereocenters. The molecule has 0 bridgehead atoms. The molecule has 0 spiro atoms. The lowest BCUT2D eigenvalue weighted by Gasteiger charge is -2.39. The van der Waals surface area contributed by atoms with E-state index in [0.29, 0.717) is 24.2 Å². The smallest absolute Gasteiger partial charge is 0.409 e. The van der Waals surface area contributed by atoms with Crippen molar-refractivity contribution in [2.45, 2.75) is 45.0 Å². The van der Waals surface area contributed by atoms with Crippen LogP contribution in [0.1, 0.15) is 43.1 Å². The second-order valence-corrected chi connectivity index (χ2v) is 7.47. The van der Waals surface area contributed by atoms with Crippen LogP contribution in [0.25, 0.3) is 0 Å². The largest absolute Gasteiger partial charge is 0.450 e. The maximum atomic E-state index is 11.9. The molecule has 0 saturated carbocycles. The van der Waals surface area contributed by atoms with Gasteiger partial charge in [-0.05, 0) is 25.8 Å². The van der Waals surface area contributed by atoms with Gasteiger partial charge in [0.2, 0.25) is 0 Å². The van der Waals surface area contributed by atoms with Gasteiger partial charge in [0.15, 0.2) is 6.10 Å². The van der Waals surface area contributed by atoms with Crippen molar-refractivity contribution in [3.05, 3.63) is 35.7 Å². The Balaban J connectivity index is 1.39. The van der Waals surface area contributed by atoms with Crippen molar-refractivity contribution in [3.63, 3.8) is 0 Å². The van der Waals surface area contributed by atoms with Gasteiger partial charge in [-0.1, -0.05) is 0 Å². The highest BCUT2D eigenvalue weighted by Crippen LogP contribution is 2.25. The van der Waals surface area contributed by atoms with E-state index in [1.54, 1.807) is 11.1 Å². The molecule has 1 atom stereocenters. The number of aromatic nitrogens is 4. The summed E-state index contributed by atoms with van der Waals surface area (Å²) in [7, 11) is 1.87. The van der Waals surface area contributed by atoms with E-state index in [2.05, 4.69) is 15.0 Å². The van der Waals surface area contributed by atoms with Crippen LogP contribution in [0.2, 0.25) is 0 Å². The van der Waals surface area contributed by atoms with Crippen LogP contribution in [0, 0.1) is 0 Å². The van der Waals surface area contributed by atoms with Gasteiger partial charge in [0.1, 0.15) is 5.82 Å². The topological polar surface area (TPSA) is 88.7 Å². The molecular formula is C19H28N6O3. The number of aliphatic hydroxyl groups excluding tert-OH is 1. The molecule has 2 aliphatic heterocycles. The van der Waals surface area contributed by atoms with Crippen LogP contribution in [-0.2, 0) is 24.9 Å². The number of piperidine rings is 1. The Morgan fingerprint density at radius 1 is 1.32 bits per heavy atom. The minimum absolute atomic E-state index is 0.203. The van der Waals surface area contributed by atoms with E-state index in [9.17, 15) is 9.90 Å². The van der Waals surface area contributed by atoms with E-state index in [0.717, 1.165) is 51.3 Å². The third-order valence-corrected chi connectivity index (χ3v) is 5.74. The van der Waals surface area contributed by atoms with E-state index in [4.69, 9.17) is 4.74 Å². The van der Waals surface area contributed by atoms with Gasteiger partial charge in [-0.2, -0.15) is 5.10 Å². The summed E-state index contributed by atoms with van der Waals surface area (Å²) in [6.45, 7) is 6.27. The molecule has 1 N–H and O–H groups in total. The van der Waals surface area contributed by atoms with E-state index in [1.165, 1.54) is 0 Å². The van der Waals surface area contributed by atoms with Crippen molar-refractivity contribution in [1.82, 2.24) is 29.1 Å². The molecule has 4 heterocycles. The molecule has 2 aliphatic rings. The molecule has 28 heavy (non-hydrogen) atoms. The van der Waals surface area contributed by atoms with Crippen LogP contribution in [-0.4, -0.2) is 72.6 Å². The summed E-state index contributed by atoms with van der Waals surface area (Å²) in [6, 6.07) is 2.44. The quantitative estimate of drug-likeness (QED) is 0.845. The van der Waals surface area contributed by atoms with Crippen molar-refractivity contribution in [1.29, 1.82) is 0 Å². The Labute approximate surface area is 164 Å². The fourth-order valence-corrected chi connectivity index (χ4v) is 4.16. The summed E-state index contributed by atoms with van der Waals surface area (Å²) < 4.78 is 8.91. The number of hydrogen-bond acceptors (Lipinski definition) is 6. The zero-order chi connectivity index (χ0) is 19.7. The van der Waals surface area contributed by atoms with Gasteiger partial charge in [-0.3, -0.25) is 9.58 Å². The molecule has 2 aromatic heterocycles. The summed E-state index contributed by atoms with van der Waals surface area (Å²) in [5.74, 6) is 0.596. The molecular weight excluding hydrogens is 360 g/mol. The number of carbonyl (C=O) groups excluding carboxylic acids is 1. The zero-order valence-electron chi connectivity index (χ0n) is 16.5. The van der Waals surface area contributed by atoms with E-state index in [-0.39, 0.29) is 6.09 Å². The van der Waals surface area contributed by atoms with Crippen LogP contribution >= 0.6 is 0 Å². The number of hydrogen-bond donors (Lipinski definition) is 1. The molecule has 2 aromatic rings. The summed E-state index contributed by atoms with van der Waals surface area (Å²) in [5.41, 5.74) is 1.76. The van der Waals surface area contributed by atoms with Gasteiger partial charge in [0, 0.05) is 51.7 Å². The van der Waals surface area contributed by atoms with Crippen LogP contribution in [0.5, 0.6) is 0 Å². The number of rotatable bonds is 4. The van der Waals surface area contributed by atoms with Gasteiger partial charge in [0.25, 0.3) is 0 Å². The maximum absolute atomic E-state index is 11.9. The van der Waals surface area contributed by atoms with Gasteiger partial charge in [0.05, 0.1) is 24.5 Å². The van der Waals surface area contributed by atoms with E-state index < -0.39 is 6.10 Å². The number of amides is 1. The Kier molecular flexibility index (Phi) is 5.36. The van der Waals surface area contributed by atoms with Crippen molar-refractivity contribution in [3.8, 4) is 0 Å². The van der Waals surface area contributed by atoms with Gasteiger partial charge < -0.3 is 19.3 Å². The number of imidazole rings is 1. The van der Waals surface area contributed by atoms with Crippen molar-refractivity contribution < 1.29 is 14.6 Å². The summed E-state index contributed by atoms with van der Waals surface area (Å²) in [4.78, 5) is 20.4. The fourth-order valence-electron chi connectivity index (χ4n) is 4.16. The normalized spacial score (nSPS) is 19.5. The van der Waals surface area contributed by atoms with Gasteiger partial charge in [-0.25, -0.2) is 9.78 Å². The number of aliphatic hydroxyl groups is 1. The molecule has 0 aromatic carbocycles. The van der Waals surface area contributed by atoms with Crippen LogP contribution in [0.3, 0.4) is 0 Å². The molecule has 0 aliphatic carbocycles. The molecule has 9 nitrogen and oxygen atoms in total.